The third-order valence-electron chi connectivity index (χ3n) is 4.03. The molecule has 25 heavy (non-hydrogen) atoms. The van der Waals surface area contributed by atoms with Crippen molar-refractivity contribution >= 4 is 23.9 Å². The third kappa shape index (κ3) is 3.90. The summed E-state index contributed by atoms with van der Waals surface area (Å²) in [6.45, 7) is 1.51. The molecule has 1 aromatic carbocycles. The Hall–Kier alpha value is -3.03. The van der Waals surface area contributed by atoms with Crippen LogP contribution in [-0.2, 0) is 9.59 Å². The summed E-state index contributed by atoms with van der Waals surface area (Å²) in [4.78, 5) is 36.5. The molecule has 1 aromatic rings. The standard InChI is InChI=1S/C17H19N3O5/c1-24-14-9-11(8-12-16(22)19-17(23)18-12)4-5-13(14)25-10-15(21)20-6-2-3-7-20/h4-5,8-9H,2-3,6-7,10H2,1H3,(H2,18,19,22,23)/b12-8+. The summed E-state index contributed by atoms with van der Waals surface area (Å²) in [7, 11) is 1.49. The lowest BCUT2D eigenvalue weighted by molar-refractivity contribution is -0.132. The van der Waals surface area contributed by atoms with Crippen LogP contribution in [0.4, 0.5) is 4.79 Å². The van der Waals surface area contributed by atoms with Gasteiger partial charge in [-0.15, -0.1) is 0 Å². The number of methoxy groups -OCH3 is 1. The Morgan fingerprint density at radius 2 is 1.96 bits per heavy atom. The van der Waals surface area contributed by atoms with Crippen molar-refractivity contribution in [3.05, 3.63) is 29.5 Å². The minimum absolute atomic E-state index is 0.0453. The Bertz CT molecular complexity index is 738. The highest BCUT2D eigenvalue weighted by Crippen LogP contribution is 2.29. The van der Waals surface area contributed by atoms with Crippen LogP contribution in [0.25, 0.3) is 6.08 Å². The van der Waals surface area contributed by atoms with Gasteiger partial charge in [0.05, 0.1) is 7.11 Å². The number of urea groups is 1. The number of likely N-dealkylation sites (tertiary alicyclic amines) is 1. The van der Waals surface area contributed by atoms with E-state index in [0.29, 0.717) is 17.1 Å². The van der Waals surface area contributed by atoms with Gasteiger partial charge in [-0.25, -0.2) is 4.79 Å². The molecule has 0 atom stereocenters. The zero-order valence-corrected chi connectivity index (χ0v) is 13.8. The lowest BCUT2D eigenvalue weighted by Gasteiger charge is -2.16. The van der Waals surface area contributed by atoms with E-state index < -0.39 is 11.9 Å². The molecule has 0 unspecified atom stereocenters. The molecule has 0 bridgehead atoms. The van der Waals surface area contributed by atoms with Crippen LogP contribution < -0.4 is 20.1 Å². The molecule has 3 rings (SSSR count). The van der Waals surface area contributed by atoms with Crippen molar-refractivity contribution in [2.24, 2.45) is 0 Å². The first-order chi connectivity index (χ1) is 12.1. The quantitative estimate of drug-likeness (QED) is 0.610. The molecule has 2 fully saturated rings. The van der Waals surface area contributed by atoms with Gasteiger partial charge >= 0.3 is 6.03 Å². The predicted octanol–water partition coefficient (Wildman–Crippen LogP) is 0.877. The molecule has 2 saturated heterocycles. The van der Waals surface area contributed by atoms with Crippen molar-refractivity contribution in [1.29, 1.82) is 0 Å². The summed E-state index contributed by atoms with van der Waals surface area (Å²) in [5, 5.41) is 4.55. The maximum atomic E-state index is 12.0. The van der Waals surface area contributed by atoms with Gasteiger partial charge in [-0.2, -0.15) is 0 Å². The summed E-state index contributed by atoms with van der Waals surface area (Å²) < 4.78 is 10.9. The van der Waals surface area contributed by atoms with Crippen LogP contribution in [0.5, 0.6) is 11.5 Å². The number of imide groups is 1. The highest BCUT2D eigenvalue weighted by atomic mass is 16.5. The summed E-state index contributed by atoms with van der Waals surface area (Å²) in [6, 6.07) is 4.49. The molecular formula is C17H19N3O5. The third-order valence-corrected chi connectivity index (χ3v) is 4.03. The molecule has 132 valence electrons. The number of carbonyl (C=O) groups excluding carboxylic acids is 3. The minimum Gasteiger partial charge on any atom is -0.493 e. The van der Waals surface area contributed by atoms with E-state index in [1.54, 1.807) is 23.1 Å². The highest BCUT2D eigenvalue weighted by molar-refractivity contribution is 6.14. The first-order valence-corrected chi connectivity index (χ1v) is 7.99. The molecule has 8 nitrogen and oxygen atoms in total. The zero-order valence-electron chi connectivity index (χ0n) is 13.8. The van der Waals surface area contributed by atoms with Crippen LogP contribution >= 0.6 is 0 Å². The molecule has 2 aliphatic heterocycles. The smallest absolute Gasteiger partial charge is 0.326 e. The van der Waals surface area contributed by atoms with Gasteiger partial charge in [-0.05, 0) is 36.6 Å². The first-order valence-electron chi connectivity index (χ1n) is 7.99. The Morgan fingerprint density at radius 3 is 2.60 bits per heavy atom. The molecular weight excluding hydrogens is 326 g/mol. The van der Waals surface area contributed by atoms with E-state index >= 15 is 0 Å². The van der Waals surface area contributed by atoms with E-state index in [0.717, 1.165) is 25.9 Å². The maximum Gasteiger partial charge on any atom is 0.326 e. The van der Waals surface area contributed by atoms with Crippen LogP contribution in [0.3, 0.4) is 0 Å². The van der Waals surface area contributed by atoms with Crippen molar-refractivity contribution in [3.8, 4) is 11.5 Å². The largest absolute Gasteiger partial charge is 0.493 e. The minimum atomic E-state index is -0.552. The number of hydrogen-bond donors (Lipinski definition) is 2. The normalized spacial score (nSPS) is 18.3. The molecule has 4 amide bonds. The van der Waals surface area contributed by atoms with Gasteiger partial charge in [0.2, 0.25) is 0 Å². The summed E-state index contributed by atoms with van der Waals surface area (Å²) in [5.74, 6) is 0.349. The van der Waals surface area contributed by atoms with Crippen LogP contribution in [0, 0.1) is 0 Å². The van der Waals surface area contributed by atoms with Crippen molar-refractivity contribution in [2.45, 2.75) is 12.8 Å². The molecule has 2 heterocycles. The second-order valence-electron chi connectivity index (χ2n) is 5.75. The number of nitrogens with zero attached hydrogens (tertiary/aromatic N) is 1. The SMILES string of the molecule is COc1cc(/C=C2/NC(=O)NC2=O)ccc1OCC(=O)N1CCCC1. The number of amides is 4. The Balaban J connectivity index is 1.69. The van der Waals surface area contributed by atoms with Gasteiger partial charge in [-0.3, -0.25) is 14.9 Å². The van der Waals surface area contributed by atoms with E-state index in [9.17, 15) is 14.4 Å². The van der Waals surface area contributed by atoms with Gasteiger partial charge in [0.15, 0.2) is 18.1 Å². The average molecular weight is 345 g/mol. The summed E-state index contributed by atoms with van der Waals surface area (Å²) in [5.41, 5.74) is 0.812. The number of nitrogens with one attached hydrogen (secondary N) is 2. The van der Waals surface area contributed by atoms with E-state index in [2.05, 4.69) is 10.6 Å². The van der Waals surface area contributed by atoms with E-state index in [1.807, 2.05) is 0 Å². The number of carbonyl (C=O) groups is 3. The number of ether oxygens (including phenoxy) is 2. The van der Waals surface area contributed by atoms with Crippen molar-refractivity contribution in [2.75, 3.05) is 26.8 Å². The molecule has 2 N–H and O–H groups in total. The van der Waals surface area contributed by atoms with Crippen LogP contribution in [0.15, 0.2) is 23.9 Å². The molecule has 0 saturated carbocycles. The Kier molecular flexibility index (Phi) is 4.87. The van der Waals surface area contributed by atoms with Crippen LogP contribution in [0.2, 0.25) is 0 Å². The van der Waals surface area contributed by atoms with Gasteiger partial charge in [0, 0.05) is 13.1 Å². The second kappa shape index (κ2) is 7.25. The first kappa shape index (κ1) is 16.8. The lowest BCUT2D eigenvalue weighted by atomic mass is 10.1. The topological polar surface area (TPSA) is 97.0 Å². The van der Waals surface area contributed by atoms with Crippen molar-refractivity contribution in [1.82, 2.24) is 15.5 Å². The van der Waals surface area contributed by atoms with Crippen molar-refractivity contribution < 1.29 is 23.9 Å². The van der Waals surface area contributed by atoms with E-state index in [4.69, 9.17) is 9.47 Å². The lowest BCUT2D eigenvalue weighted by Crippen LogP contribution is -2.32. The van der Waals surface area contributed by atoms with Gasteiger partial charge in [0.1, 0.15) is 5.70 Å². The van der Waals surface area contributed by atoms with E-state index in [1.165, 1.54) is 13.2 Å². The van der Waals surface area contributed by atoms with Crippen molar-refractivity contribution in [3.63, 3.8) is 0 Å². The van der Waals surface area contributed by atoms with Gasteiger partial charge in [-0.1, -0.05) is 6.07 Å². The Labute approximate surface area is 144 Å². The molecule has 0 aromatic heterocycles. The highest BCUT2D eigenvalue weighted by Gasteiger charge is 2.23. The molecule has 2 aliphatic rings. The summed E-state index contributed by atoms with van der Waals surface area (Å²) >= 11 is 0. The fraction of sp³-hybridized carbons (Fsp3) is 0.353. The number of hydrogen-bond acceptors (Lipinski definition) is 5. The van der Waals surface area contributed by atoms with Gasteiger partial charge in [0.25, 0.3) is 11.8 Å². The van der Waals surface area contributed by atoms with E-state index in [-0.39, 0.29) is 18.2 Å². The predicted molar refractivity (Wildman–Crippen MR) is 89.0 cm³/mol. The molecule has 8 heteroatoms. The zero-order chi connectivity index (χ0) is 17.8. The van der Waals surface area contributed by atoms with Crippen LogP contribution in [0.1, 0.15) is 18.4 Å². The number of benzene rings is 1. The maximum absolute atomic E-state index is 12.0. The fourth-order valence-corrected chi connectivity index (χ4v) is 2.74. The summed E-state index contributed by atoms with van der Waals surface area (Å²) in [6.07, 6.45) is 3.59. The average Bonchev–Trinajstić information content (AvgIpc) is 3.23. The van der Waals surface area contributed by atoms with Crippen LogP contribution in [-0.4, -0.2) is 49.6 Å². The monoisotopic (exact) mass is 345 g/mol. The van der Waals surface area contributed by atoms with Gasteiger partial charge < -0.3 is 19.7 Å². The molecule has 0 spiro atoms. The Morgan fingerprint density at radius 1 is 1.20 bits per heavy atom. The molecule has 0 radical (unpaired) electrons. The molecule has 0 aliphatic carbocycles. The fourth-order valence-electron chi connectivity index (χ4n) is 2.74. The number of rotatable bonds is 5. The second-order valence-corrected chi connectivity index (χ2v) is 5.75.